The number of ether oxygens (including phenoxy) is 1. The summed E-state index contributed by atoms with van der Waals surface area (Å²) in [5.74, 6) is 1.51. The van der Waals surface area contributed by atoms with Crippen molar-refractivity contribution in [1.29, 1.82) is 0 Å². The van der Waals surface area contributed by atoms with Crippen LogP contribution in [0.5, 0.6) is 5.75 Å². The van der Waals surface area contributed by atoms with Gasteiger partial charge in [-0.2, -0.15) is 0 Å². The summed E-state index contributed by atoms with van der Waals surface area (Å²) in [5, 5.41) is 0.886. The maximum atomic E-state index is 13.0. The number of benzene rings is 2. The van der Waals surface area contributed by atoms with E-state index in [9.17, 15) is 4.79 Å². The molecule has 0 saturated carbocycles. The van der Waals surface area contributed by atoms with E-state index in [-0.39, 0.29) is 11.2 Å². The minimum atomic E-state index is -0.383. The van der Waals surface area contributed by atoms with Gasteiger partial charge in [0, 0.05) is 16.4 Å². The van der Waals surface area contributed by atoms with E-state index in [1.165, 1.54) is 0 Å². The molecule has 3 nitrogen and oxygen atoms in total. The van der Waals surface area contributed by atoms with E-state index in [2.05, 4.69) is 13.8 Å². The Morgan fingerprint density at radius 2 is 1.86 bits per heavy atom. The molecule has 0 radical (unpaired) electrons. The van der Waals surface area contributed by atoms with Gasteiger partial charge in [-0.05, 0) is 43.7 Å². The predicted octanol–water partition coefficient (Wildman–Crippen LogP) is 4.31. The lowest BCUT2D eigenvalue weighted by Crippen LogP contribution is -2.29. The topological polar surface area (TPSA) is 39.4 Å². The van der Waals surface area contributed by atoms with Crippen LogP contribution in [-0.2, 0) is 5.41 Å². The van der Waals surface area contributed by atoms with Crippen molar-refractivity contribution in [1.82, 2.24) is 0 Å². The van der Waals surface area contributed by atoms with Gasteiger partial charge < -0.3 is 9.15 Å². The van der Waals surface area contributed by atoms with Gasteiger partial charge in [0.05, 0.1) is 12.7 Å². The first-order valence-electron chi connectivity index (χ1n) is 7.29. The lowest BCUT2D eigenvalue weighted by Gasteiger charge is -2.30. The van der Waals surface area contributed by atoms with Gasteiger partial charge in [-0.15, -0.1) is 0 Å². The molecule has 1 heterocycles. The van der Waals surface area contributed by atoms with Crippen LogP contribution in [0.25, 0.3) is 11.0 Å². The van der Waals surface area contributed by atoms with E-state index < -0.39 is 0 Å². The number of methoxy groups -OCH3 is 1. The van der Waals surface area contributed by atoms with E-state index in [1.807, 2.05) is 42.5 Å². The Balaban J connectivity index is 2.08. The number of hydrogen-bond acceptors (Lipinski definition) is 3. The van der Waals surface area contributed by atoms with Gasteiger partial charge in [-0.1, -0.05) is 18.2 Å². The molecule has 0 N–H and O–H groups in total. The molecular weight excluding hydrogens is 276 g/mol. The molecule has 3 heteroatoms. The third-order valence-corrected chi connectivity index (χ3v) is 4.53. The number of rotatable bonds is 1. The number of carbonyl (C=O) groups is 1. The highest BCUT2D eigenvalue weighted by Gasteiger charge is 2.41. The summed E-state index contributed by atoms with van der Waals surface area (Å²) < 4.78 is 11.4. The molecule has 0 amide bonds. The first-order valence-corrected chi connectivity index (χ1v) is 7.29. The van der Waals surface area contributed by atoms with Crippen molar-refractivity contribution < 1.29 is 13.9 Å². The van der Waals surface area contributed by atoms with Gasteiger partial charge in [0.1, 0.15) is 17.1 Å². The minimum absolute atomic E-state index is 0.0249. The van der Waals surface area contributed by atoms with E-state index >= 15 is 0 Å². The van der Waals surface area contributed by atoms with Crippen LogP contribution in [0.15, 0.2) is 46.9 Å². The summed E-state index contributed by atoms with van der Waals surface area (Å²) in [6.07, 6.45) is 0. The molecule has 0 aliphatic heterocycles. The van der Waals surface area contributed by atoms with Crippen LogP contribution in [-0.4, -0.2) is 12.9 Å². The van der Waals surface area contributed by atoms with Crippen molar-refractivity contribution in [3.63, 3.8) is 0 Å². The smallest absolute Gasteiger partial charge is 0.197 e. The van der Waals surface area contributed by atoms with Crippen molar-refractivity contribution in [2.75, 3.05) is 7.11 Å². The molecule has 110 valence electrons. The minimum Gasteiger partial charge on any atom is -0.497 e. The Morgan fingerprint density at radius 3 is 2.64 bits per heavy atom. The number of ketones is 1. The van der Waals surface area contributed by atoms with E-state index in [0.29, 0.717) is 5.56 Å². The van der Waals surface area contributed by atoms with Gasteiger partial charge in [-0.3, -0.25) is 4.79 Å². The molecule has 0 spiro atoms. The van der Waals surface area contributed by atoms with Crippen LogP contribution in [0.3, 0.4) is 0 Å². The van der Waals surface area contributed by atoms with Gasteiger partial charge in [0.25, 0.3) is 0 Å². The Morgan fingerprint density at radius 1 is 1.09 bits per heavy atom. The monoisotopic (exact) mass is 292 g/mol. The Hall–Kier alpha value is -2.55. The number of hydrogen-bond donors (Lipinski definition) is 0. The highest BCUT2D eigenvalue weighted by atomic mass is 16.5. The molecule has 1 aliphatic carbocycles. The largest absolute Gasteiger partial charge is 0.497 e. The first kappa shape index (κ1) is 13.1. The van der Waals surface area contributed by atoms with Crippen molar-refractivity contribution in [3.8, 4) is 5.75 Å². The maximum Gasteiger partial charge on any atom is 0.197 e. The molecule has 0 bridgehead atoms. The van der Waals surface area contributed by atoms with E-state index in [4.69, 9.17) is 9.15 Å². The molecule has 0 unspecified atom stereocenters. The molecule has 22 heavy (non-hydrogen) atoms. The molecular formula is C19H16O3. The molecule has 0 atom stereocenters. The molecule has 1 aliphatic rings. The number of para-hydroxylation sites is 1. The highest BCUT2D eigenvalue weighted by molar-refractivity contribution is 6.19. The second-order valence-corrected chi connectivity index (χ2v) is 6.17. The molecule has 2 aromatic carbocycles. The second kappa shape index (κ2) is 4.23. The summed E-state index contributed by atoms with van der Waals surface area (Å²) >= 11 is 0. The van der Waals surface area contributed by atoms with Crippen molar-refractivity contribution in [2.45, 2.75) is 19.3 Å². The van der Waals surface area contributed by atoms with Crippen LogP contribution in [0.1, 0.15) is 41.1 Å². The van der Waals surface area contributed by atoms with Crippen LogP contribution in [0, 0.1) is 0 Å². The van der Waals surface area contributed by atoms with Gasteiger partial charge in [-0.25, -0.2) is 0 Å². The molecule has 0 saturated heterocycles. The van der Waals surface area contributed by atoms with Crippen LogP contribution in [0.4, 0.5) is 0 Å². The standard InChI is InChI=1S/C19H16O3/c1-19(2)14-10-11(21-3)8-9-12(14)17(20)16-13-6-4-5-7-15(13)22-18(16)19/h4-10H,1-3H3. The summed E-state index contributed by atoms with van der Waals surface area (Å²) in [6.45, 7) is 4.16. The van der Waals surface area contributed by atoms with Crippen LogP contribution >= 0.6 is 0 Å². The van der Waals surface area contributed by atoms with Crippen molar-refractivity contribution in [3.05, 3.63) is 64.9 Å². The van der Waals surface area contributed by atoms with Crippen molar-refractivity contribution in [2.24, 2.45) is 0 Å². The summed E-state index contributed by atoms with van der Waals surface area (Å²) in [7, 11) is 1.63. The average Bonchev–Trinajstić information content (AvgIpc) is 2.93. The van der Waals surface area contributed by atoms with Crippen LogP contribution in [0.2, 0.25) is 0 Å². The first-order chi connectivity index (χ1) is 10.5. The summed E-state index contributed by atoms with van der Waals surface area (Å²) in [5.41, 5.74) is 2.74. The number of carbonyl (C=O) groups excluding carboxylic acids is 1. The average molecular weight is 292 g/mol. The normalized spacial score (nSPS) is 15.5. The van der Waals surface area contributed by atoms with E-state index in [1.54, 1.807) is 7.11 Å². The fraction of sp³-hybridized carbons (Fsp3) is 0.211. The number of fused-ring (bicyclic) bond motifs is 4. The van der Waals surface area contributed by atoms with E-state index in [0.717, 1.165) is 33.6 Å². The quantitative estimate of drug-likeness (QED) is 0.671. The fourth-order valence-electron chi connectivity index (χ4n) is 3.33. The van der Waals surface area contributed by atoms with Crippen molar-refractivity contribution >= 4 is 16.8 Å². The Labute approximate surface area is 128 Å². The second-order valence-electron chi connectivity index (χ2n) is 6.17. The lowest BCUT2D eigenvalue weighted by atomic mass is 9.72. The maximum absolute atomic E-state index is 13.0. The third-order valence-electron chi connectivity index (χ3n) is 4.53. The number of furan rings is 1. The lowest BCUT2D eigenvalue weighted by molar-refractivity contribution is 0.102. The molecule has 3 aromatic rings. The van der Waals surface area contributed by atoms with Gasteiger partial charge in [0.2, 0.25) is 0 Å². The van der Waals surface area contributed by atoms with Gasteiger partial charge >= 0.3 is 0 Å². The Kier molecular flexibility index (Phi) is 2.52. The zero-order valence-electron chi connectivity index (χ0n) is 12.8. The predicted molar refractivity (Wildman–Crippen MR) is 84.8 cm³/mol. The third kappa shape index (κ3) is 1.54. The highest BCUT2D eigenvalue weighted by Crippen LogP contribution is 2.46. The fourth-order valence-corrected chi connectivity index (χ4v) is 3.33. The Bertz CT molecular complexity index is 916. The summed E-state index contributed by atoms with van der Waals surface area (Å²) in [4.78, 5) is 13.0. The zero-order chi connectivity index (χ0) is 15.5. The summed E-state index contributed by atoms with van der Waals surface area (Å²) in [6, 6.07) is 13.3. The zero-order valence-corrected chi connectivity index (χ0v) is 12.8. The molecule has 1 aromatic heterocycles. The SMILES string of the molecule is COc1ccc2c(c1)C(C)(C)c1oc3ccccc3c1C2=O. The van der Waals surface area contributed by atoms with Gasteiger partial charge in [0.15, 0.2) is 5.78 Å². The molecule has 0 fully saturated rings. The molecule has 4 rings (SSSR count). The van der Waals surface area contributed by atoms with Crippen LogP contribution < -0.4 is 4.74 Å².